The Kier molecular flexibility index (Phi) is 3.98. The molecule has 0 aromatic rings. The van der Waals surface area contributed by atoms with Gasteiger partial charge in [0, 0.05) is 6.08 Å². The highest BCUT2D eigenvalue weighted by Gasteiger charge is 2.34. The fourth-order valence-electron chi connectivity index (χ4n) is 0.479. The van der Waals surface area contributed by atoms with Gasteiger partial charge in [0.2, 0.25) is 0 Å². The van der Waals surface area contributed by atoms with Crippen LogP contribution in [-0.4, -0.2) is 18.8 Å². The first-order chi connectivity index (χ1) is 5.91. The Morgan fingerprint density at radius 3 is 2.46 bits per heavy atom. The van der Waals surface area contributed by atoms with E-state index in [0.717, 1.165) is 6.07 Å². The van der Waals surface area contributed by atoms with Crippen molar-refractivity contribution in [3.63, 3.8) is 0 Å². The van der Waals surface area contributed by atoms with E-state index in [0.29, 0.717) is 0 Å². The molecule has 0 aliphatic carbocycles. The minimum absolute atomic E-state index is 0.0358. The predicted octanol–water partition coefficient (Wildman–Crippen LogP) is 1.56. The van der Waals surface area contributed by atoms with Crippen LogP contribution in [0.1, 0.15) is 6.92 Å². The summed E-state index contributed by atoms with van der Waals surface area (Å²) in [5, 5.41) is 8.03. The van der Waals surface area contributed by atoms with Crippen LogP contribution in [0.2, 0.25) is 0 Å². The number of esters is 1. The molecule has 0 rings (SSSR count). The molecule has 0 aromatic heterocycles. The fraction of sp³-hybridized carbons (Fsp3) is 0.429. The van der Waals surface area contributed by atoms with E-state index < -0.39 is 17.7 Å². The van der Waals surface area contributed by atoms with Gasteiger partial charge in [-0.15, -0.1) is 0 Å². The molecular formula is C7H6F3NO2. The SMILES string of the molecule is CCOC(=O)C=C(C#N)C(F)(F)F. The Labute approximate surface area is 72.4 Å². The number of ether oxygens (including phenoxy) is 1. The summed E-state index contributed by atoms with van der Waals surface area (Å²) in [4.78, 5) is 10.5. The smallest absolute Gasteiger partial charge is 0.426 e. The number of hydrogen-bond donors (Lipinski definition) is 0. The molecule has 0 aromatic carbocycles. The maximum atomic E-state index is 11.8. The average molecular weight is 193 g/mol. The second-order valence-corrected chi connectivity index (χ2v) is 1.92. The van der Waals surface area contributed by atoms with Crippen LogP contribution in [-0.2, 0) is 9.53 Å². The van der Waals surface area contributed by atoms with Crippen LogP contribution in [0.5, 0.6) is 0 Å². The van der Waals surface area contributed by atoms with Crippen molar-refractivity contribution in [2.75, 3.05) is 6.61 Å². The maximum absolute atomic E-state index is 11.8. The normalized spacial score (nSPS) is 12.1. The van der Waals surface area contributed by atoms with Crippen LogP contribution in [0, 0.1) is 11.3 Å². The molecule has 72 valence electrons. The van der Waals surface area contributed by atoms with Gasteiger partial charge in [0.15, 0.2) is 0 Å². The zero-order valence-electron chi connectivity index (χ0n) is 6.68. The highest BCUT2D eigenvalue weighted by molar-refractivity contribution is 5.83. The molecule has 0 unspecified atom stereocenters. The number of alkyl halides is 3. The summed E-state index contributed by atoms with van der Waals surface area (Å²) >= 11 is 0. The highest BCUT2D eigenvalue weighted by Crippen LogP contribution is 2.24. The van der Waals surface area contributed by atoms with E-state index in [1.54, 1.807) is 0 Å². The second kappa shape index (κ2) is 4.50. The molecule has 0 saturated carbocycles. The molecule has 0 amide bonds. The fourth-order valence-corrected chi connectivity index (χ4v) is 0.479. The third-order valence-corrected chi connectivity index (χ3v) is 0.975. The van der Waals surface area contributed by atoms with E-state index in [9.17, 15) is 18.0 Å². The van der Waals surface area contributed by atoms with Gasteiger partial charge >= 0.3 is 12.1 Å². The zero-order chi connectivity index (χ0) is 10.5. The Morgan fingerprint density at radius 1 is 1.62 bits per heavy atom. The molecular weight excluding hydrogens is 187 g/mol. The molecule has 0 heterocycles. The van der Waals surface area contributed by atoms with Crippen molar-refractivity contribution in [1.82, 2.24) is 0 Å². The van der Waals surface area contributed by atoms with Crippen LogP contribution in [0.3, 0.4) is 0 Å². The van der Waals surface area contributed by atoms with Crippen LogP contribution >= 0.6 is 0 Å². The first-order valence-corrected chi connectivity index (χ1v) is 3.27. The minimum Gasteiger partial charge on any atom is -0.463 e. The van der Waals surface area contributed by atoms with Crippen molar-refractivity contribution in [2.24, 2.45) is 0 Å². The van der Waals surface area contributed by atoms with Crippen molar-refractivity contribution >= 4 is 5.97 Å². The molecule has 0 radical (unpaired) electrons. The first-order valence-electron chi connectivity index (χ1n) is 3.27. The summed E-state index contributed by atoms with van der Waals surface area (Å²) in [5.74, 6) is -1.17. The van der Waals surface area contributed by atoms with Crippen LogP contribution in [0.4, 0.5) is 13.2 Å². The van der Waals surface area contributed by atoms with E-state index in [1.807, 2.05) is 0 Å². The lowest BCUT2D eigenvalue weighted by molar-refractivity contribution is -0.138. The van der Waals surface area contributed by atoms with Gasteiger partial charge in [-0.25, -0.2) is 4.79 Å². The summed E-state index contributed by atoms with van der Waals surface area (Å²) in [6, 6.07) is 0.867. The number of hydrogen-bond acceptors (Lipinski definition) is 3. The van der Waals surface area contributed by atoms with Crippen LogP contribution in [0.15, 0.2) is 11.6 Å². The zero-order valence-corrected chi connectivity index (χ0v) is 6.68. The Hall–Kier alpha value is -1.51. The average Bonchev–Trinajstić information content (AvgIpc) is 1.98. The molecule has 13 heavy (non-hydrogen) atoms. The number of nitriles is 1. The lowest BCUT2D eigenvalue weighted by Crippen LogP contribution is -2.13. The number of nitrogens with zero attached hydrogens (tertiary/aromatic N) is 1. The lowest BCUT2D eigenvalue weighted by Gasteiger charge is -2.02. The first kappa shape index (κ1) is 11.5. The van der Waals surface area contributed by atoms with E-state index in [-0.39, 0.29) is 12.7 Å². The summed E-state index contributed by atoms with van der Waals surface area (Å²) in [7, 11) is 0. The summed E-state index contributed by atoms with van der Waals surface area (Å²) in [6.45, 7) is 1.41. The monoisotopic (exact) mass is 193 g/mol. The van der Waals surface area contributed by atoms with Crippen LogP contribution in [0.25, 0.3) is 0 Å². The molecule has 0 aliphatic rings. The second-order valence-electron chi connectivity index (χ2n) is 1.92. The molecule has 0 spiro atoms. The number of allylic oxidation sites excluding steroid dienone is 1. The van der Waals surface area contributed by atoms with Gasteiger partial charge in [0.25, 0.3) is 0 Å². The van der Waals surface area contributed by atoms with Gasteiger partial charge in [-0.2, -0.15) is 18.4 Å². The minimum atomic E-state index is -4.80. The van der Waals surface area contributed by atoms with E-state index in [4.69, 9.17) is 5.26 Å². The van der Waals surface area contributed by atoms with E-state index in [2.05, 4.69) is 4.74 Å². The molecule has 0 aliphatic heterocycles. The van der Waals surface area contributed by atoms with Crippen molar-refractivity contribution < 1.29 is 22.7 Å². The molecule has 0 bridgehead atoms. The molecule has 0 saturated heterocycles. The van der Waals surface area contributed by atoms with Crippen molar-refractivity contribution in [2.45, 2.75) is 13.1 Å². The van der Waals surface area contributed by atoms with E-state index in [1.165, 1.54) is 6.92 Å². The van der Waals surface area contributed by atoms with Gasteiger partial charge < -0.3 is 4.74 Å². The van der Waals surface area contributed by atoms with Crippen LogP contribution < -0.4 is 0 Å². The molecule has 3 nitrogen and oxygen atoms in total. The summed E-state index contributed by atoms with van der Waals surface area (Å²) < 4.78 is 39.7. The number of carbonyl (C=O) groups excluding carboxylic acids is 1. The van der Waals surface area contributed by atoms with Gasteiger partial charge in [-0.05, 0) is 6.92 Å². The maximum Gasteiger partial charge on any atom is 0.426 e. The molecule has 0 N–H and O–H groups in total. The molecule has 6 heteroatoms. The number of halogens is 3. The Balaban J connectivity index is 4.61. The quantitative estimate of drug-likeness (QED) is 0.380. The summed E-state index contributed by atoms with van der Waals surface area (Å²) in [5.41, 5.74) is -1.56. The number of carbonyl (C=O) groups is 1. The Morgan fingerprint density at radius 2 is 2.15 bits per heavy atom. The lowest BCUT2D eigenvalue weighted by atomic mass is 10.2. The van der Waals surface area contributed by atoms with Crippen molar-refractivity contribution in [3.05, 3.63) is 11.6 Å². The molecule has 0 fully saturated rings. The third kappa shape index (κ3) is 4.15. The van der Waals surface area contributed by atoms with E-state index >= 15 is 0 Å². The third-order valence-electron chi connectivity index (χ3n) is 0.975. The van der Waals surface area contributed by atoms with Crippen molar-refractivity contribution in [3.8, 4) is 6.07 Å². The standard InChI is InChI=1S/C7H6F3NO2/c1-2-13-6(12)3-5(4-11)7(8,9)10/h3H,2H2,1H3. The van der Waals surface area contributed by atoms with Gasteiger partial charge in [-0.1, -0.05) is 0 Å². The Bertz CT molecular complexity index is 262. The predicted molar refractivity (Wildman–Crippen MR) is 36.4 cm³/mol. The van der Waals surface area contributed by atoms with Gasteiger partial charge in [-0.3, -0.25) is 0 Å². The largest absolute Gasteiger partial charge is 0.463 e. The van der Waals surface area contributed by atoms with Gasteiger partial charge in [0.1, 0.15) is 11.6 Å². The highest BCUT2D eigenvalue weighted by atomic mass is 19.4. The summed E-state index contributed by atoms with van der Waals surface area (Å²) in [6.07, 6.45) is -4.68. The topological polar surface area (TPSA) is 50.1 Å². The molecule has 0 atom stereocenters. The number of rotatable bonds is 2. The van der Waals surface area contributed by atoms with Crippen molar-refractivity contribution in [1.29, 1.82) is 5.26 Å². The van der Waals surface area contributed by atoms with Gasteiger partial charge in [0.05, 0.1) is 6.61 Å².